The lowest BCUT2D eigenvalue weighted by Crippen LogP contribution is -2.35. The molecule has 2 saturated heterocycles. The summed E-state index contributed by atoms with van der Waals surface area (Å²) in [6, 6.07) is 26.4. The van der Waals surface area contributed by atoms with Gasteiger partial charge in [0.15, 0.2) is 23.9 Å². The van der Waals surface area contributed by atoms with Crippen molar-refractivity contribution in [3.05, 3.63) is 193 Å². The Kier molecular flexibility index (Phi) is 37.4. The first-order chi connectivity index (χ1) is 53.8. The highest BCUT2D eigenvalue weighted by atomic mass is 31.2. The number of rotatable bonds is 29. The number of carbonyl (C=O) groups excluding carboxylic acids is 4. The summed E-state index contributed by atoms with van der Waals surface area (Å²) in [5.41, 5.74) is 1.64. The second kappa shape index (κ2) is 48.3. The largest absolute Gasteiger partial charge is 0.497 e. The van der Waals surface area contributed by atoms with Gasteiger partial charge >= 0.3 is 11.4 Å². The third-order valence-electron chi connectivity index (χ3n) is 14.9. The lowest BCUT2D eigenvalue weighted by atomic mass is 10.2. The number of aliphatic hydroxyl groups is 2. The minimum absolute atomic E-state index is 0.0356. The van der Waals surface area contributed by atoms with E-state index in [0.29, 0.717) is 22.4 Å². The summed E-state index contributed by atoms with van der Waals surface area (Å²) >= 11 is 0. The topological polar surface area (TPSA) is 364 Å². The van der Waals surface area contributed by atoms with Gasteiger partial charge in [-0.2, -0.15) is 9.97 Å². The fourth-order valence-corrected chi connectivity index (χ4v) is 13.6. The van der Waals surface area contributed by atoms with E-state index in [1.54, 1.807) is 92.0 Å². The molecule has 0 aliphatic carbocycles. The van der Waals surface area contributed by atoms with Crippen LogP contribution >= 0.6 is 17.1 Å². The van der Waals surface area contributed by atoms with Crippen LogP contribution in [0.1, 0.15) is 150 Å². The van der Waals surface area contributed by atoms with Gasteiger partial charge in [-0.3, -0.25) is 33.7 Å². The quantitative estimate of drug-likeness (QED) is 0.00412. The molecular formula is C74H96FN15O16P2. The highest BCUT2D eigenvalue weighted by Crippen LogP contribution is 2.51. The van der Waals surface area contributed by atoms with E-state index < -0.39 is 83.0 Å². The van der Waals surface area contributed by atoms with Gasteiger partial charge < -0.3 is 78.2 Å². The van der Waals surface area contributed by atoms with Crippen LogP contribution in [-0.2, 0) is 32.3 Å². The molecule has 2 aliphatic heterocycles. The molecule has 0 bridgehead atoms. The molecular weight excluding hydrogens is 1440 g/mol. The second-order valence-corrected chi connectivity index (χ2v) is 26.5. The van der Waals surface area contributed by atoms with E-state index in [4.69, 9.17) is 56.5 Å². The highest BCUT2D eigenvalue weighted by Gasteiger charge is 2.42. The van der Waals surface area contributed by atoms with E-state index in [1.165, 1.54) is 66.7 Å². The van der Waals surface area contributed by atoms with Gasteiger partial charge in [-0.05, 0) is 130 Å². The Labute approximate surface area is 637 Å². The van der Waals surface area contributed by atoms with Crippen molar-refractivity contribution in [3.8, 4) is 29.4 Å². The van der Waals surface area contributed by atoms with Gasteiger partial charge in [-0.25, -0.2) is 42.6 Å². The maximum absolute atomic E-state index is 13.5. The van der Waals surface area contributed by atoms with Gasteiger partial charge in [0, 0.05) is 89.3 Å². The van der Waals surface area contributed by atoms with E-state index in [2.05, 4.69) is 93.9 Å². The first-order valence-corrected chi connectivity index (χ1v) is 35.9. The van der Waals surface area contributed by atoms with Crippen molar-refractivity contribution in [2.75, 3.05) is 84.0 Å². The number of hydrogen-bond acceptors (Lipinski definition) is 23. The number of anilines is 3. The SMILES string of the molecule is COC=N.[2H]CC1OC(n2cc(C#CCNC(=O)c3ccc(NF)nc3)c(NC(=O)c3ccccc3)nc2=O)CC1OP(OCC[N+]#[C-])N(C(C)C)C(C)C.[2H]CC1OC(n2cc(C#CCNC(=O)c3ccc(OC)cc3)c(NC(=O)c3ccccc3)nc2=O)CC1OP(OCC[N+]#[C-])N(C(C)C)C(C)C.[3H]OC.[3H]OC. The molecule has 2 aliphatic rings. The number of carbonyl (C=O) groups is 4. The summed E-state index contributed by atoms with van der Waals surface area (Å²) < 4.78 is 93.7. The van der Waals surface area contributed by atoms with Gasteiger partial charge in [0.05, 0.1) is 68.4 Å². The van der Waals surface area contributed by atoms with Gasteiger partial charge in [-0.1, -0.05) is 60.1 Å². The summed E-state index contributed by atoms with van der Waals surface area (Å²) in [5, 5.41) is 23.8. The highest BCUT2D eigenvalue weighted by molar-refractivity contribution is 7.44. The van der Waals surface area contributed by atoms with Gasteiger partial charge in [0.25, 0.3) is 40.7 Å². The van der Waals surface area contributed by atoms with Gasteiger partial charge in [0.2, 0.25) is 16.0 Å². The third-order valence-corrected chi connectivity index (χ3v) is 19.2. The monoisotopic (exact) mass is 1540 g/mol. The van der Waals surface area contributed by atoms with Crippen LogP contribution in [0.4, 0.5) is 21.9 Å². The Morgan fingerprint density at radius 3 is 1.41 bits per heavy atom. The maximum Gasteiger partial charge on any atom is 0.351 e. The average Bonchev–Trinajstić information content (AvgIpc) is 1.59. The van der Waals surface area contributed by atoms with Crippen LogP contribution in [0.2, 0.25) is 0 Å². The van der Waals surface area contributed by atoms with E-state index in [-0.39, 0.29) is 130 Å². The summed E-state index contributed by atoms with van der Waals surface area (Å²) in [7, 11) is 2.31. The second-order valence-electron chi connectivity index (χ2n) is 23.7. The van der Waals surface area contributed by atoms with Crippen molar-refractivity contribution in [1.29, 1.82) is 8.27 Å². The molecule has 8 unspecified atom stereocenters. The Hall–Kier alpha value is -9.99. The van der Waals surface area contributed by atoms with Crippen LogP contribution in [-0.4, -0.2) is 193 Å². The average molecular weight is 1540 g/mol. The molecule has 31 nitrogen and oxygen atoms in total. The van der Waals surface area contributed by atoms with Crippen molar-refractivity contribution >= 4 is 64.5 Å². The Morgan fingerprint density at radius 2 is 1.06 bits per heavy atom. The summed E-state index contributed by atoms with van der Waals surface area (Å²) in [6.45, 7) is 30.7. The first-order valence-electron chi connectivity index (χ1n) is 35.9. The molecule has 108 heavy (non-hydrogen) atoms. The smallest absolute Gasteiger partial charge is 0.351 e. The van der Waals surface area contributed by atoms with Crippen LogP contribution in [0.3, 0.4) is 0 Å². The molecule has 5 heterocycles. The van der Waals surface area contributed by atoms with Crippen LogP contribution in [0.15, 0.2) is 125 Å². The third kappa shape index (κ3) is 28.3. The van der Waals surface area contributed by atoms with Crippen LogP contribution < -0.4 is 42.9 Å². The van der Waals surface area contributed by atoms with Crippen molar-refractivity contribution in [3.63, 3.8) is 0 Å². The number of amides is 4. The van der Waals surface area contributed by atoms with E-state index in [9.17, 15) is 33.2 Å². The zero-order valence-corrected chi connectivity index (χ0v) is 64.0. The number of pyridine rings is 1. The molecule has 0 saturated carbocycles. The Balaban J connectivity index is 0.000000422. The number of hydrogen-bond donors (Lipinski definition) is 8. The molecule has 2 fully saturated rings. The molecule has 8 rings (SSSR count). The number of benzene rings is 3. The van der Waals surface area contributed by atoms with E-state index in [1.807, 2.05) is 55.4 Å². The molecule has 0 spiro atoms. The summed E-state index contributed by atoms with van der Waals surface area (Å²) in [4.78, 5) is 97.0. The van der Waals surface area contributed by atoms with Gasteiger partial charge in [-0.15, -0.1) is 4.48 Å². The Morgan fingerprint density at radius 1 is 0.676 bits per heavy atom. The standard InChI is InChI=1S/C36H43N6O7P.C34H40FN8O6P.C2H5NO.2CH4O/c1-24(2)42(25(3)4)50(47-21-20-37-6)49-31-22-32(48-26(31)5)41-23-29(14-11-19-38-34(43)28-15-17-30(46-7)18-16-28)33(40-36(41)45)39-35(44)27-12-9-8-10-13-27;1-22(2)43(23(3)4)50(47-18-17-36-6)49-28-19-30(48-24(28)5)42-21-27(13-10-16-37-32(44)26-14-15-29(41-35)38-20-26)31(40-34(42)46)39-33(45)25-11-8-7-9-12-25;1-4-2-3;2*1-2/h8-10,12-13,15-18,23-26,31-32H,19-22H2,1-5,7H3,(H,38,43)(H,39,40,44,45);7-9,11-12,14-15,20-24,28,30H,16-19H2,1-5H3,(H,37,44)(H,38,41)(H,39,40,45,46);2-3H,1H3;2*2H,1H3/i2*5D;;2*2T. The number of aliphatic hydroxyl groups excluding tert-OH is 2. The summed E-state index contributed by atoms with van der Waals surface area (Å²) in [6.07, 6.45) is 0.989. The molecule has 3 aromatic heterocycles. The summed E-state index contributed by atoms with van der Waals surface area (Å²) in [5.74, 6) is 10.1. The van der Waals surface area contributed by atoms with Crippen molar-refractivity contribution in [2.45, 2.75) is 143 Å². The Bertz CT molecular complexity index is 3970. The van der Waals surface area contributed by atoms with E-state index in [0.717, 1.165) is 6.40 Å². The number of ether oxygens (including phenoxy) is 4. The minimum atomic E-state index is -1.64. The maximum atomic E-state index is 13.5. The predicted molar refractivity (Wildman–Crippen MR) is 409 cm³/mol. The van der Waals surface area contributed by atoms with E-state index >= 15 is 0 Å². The molecule has 580 valence electrons. The number of halogens is 1. The zero-order chi connectivity index (χ0) is 82.7. The minimum Gasteiger partial charge on any atom is -0.497 e. The van der Waals surface area contributed by atoms with Crippen molar-refractivity contribution in [2.24, 2.45) is 0 Å². The van der Waals surface area contributed by atoms with Gasteiger partial charge in [0.1, 0.15) is 31.4 Å². The number of methoxy groups -OCH3 is 2. The zero-order valence-electron chi connectivity index (χ0n) is 66.2. The molecule has 8 atom stereocenters. The lowest BCUT2D eigenvalue weighted by molar-refractivity contribution is -0.00869. The van der Waals surface area contributed by atoms with Crippen molar-refractivity contribution in [1.82, 2.24) is 44.1 Å². The fraction of sp³-hybridized carbons (Fsp3) is 0.432. The molecule has 34 heteroatoms. The molecule has 8 N–H and O–H groups in total. The molecule has 4 amide bonds. The number of nitrogens with zero attached hydrogens (tertiary/aromatic N) is 9. The predicted octanol–water partition coefficient (Wildman–Crippen LogP) is 9.66. The molecule has 3 aromatic carbocycles. The lowest BCUT2D eigenvalue weighted by Gasteiger charge is -2.37. The molecule has 6 aromatic rings. The number of aromatic nitrogens is 5. The van der Waals surface area contributed by atoms with Crippen LogP contribution in [0, 0.1) is 42.2 Å². The van der Waals surface area contributed by atoms with Crippen LogP contribution in [0.5, 0.6) is 5.75 Å². The first kappa shape index (κ1) is 83.6. The molecule has 0 radical (unpaired) electrons. The van der Waals surface area contributed by atoms with Crippen molar-refractivity contribution < 1.29 is 73.7 Å². The number of nitrogens with one attached hydrogen (secondary N) is 6. The fourth-order valence-electron chi connectivity index (χ4n) is 10.1. The normalized spacial score (nSPS) is 17.0. The van der Waals surface area contributed by atoms with Crippen LogP contribution in [0.25, 0.3) is 9.69 Å².